The van der Waals surface area contributed by atoms with Gasteiger partial charge in [-0.05, 0) is 18.1 Å². The zero-order chi connectivity index (χ0) is 12.1. The SMILES string of the molecule is CC(C)COc1ccc(C#N)cc1[N+](=O)[O-]. The smallest absolute Gasteiger partial charge is 0.312 e. The lowest BCUT2D eigenvalue weighted by atomic mass is 10.2. The highest BCUT2D eigenvalue weighted by Gasteiger charge is 2.16. The minimum Gasteiger partial charge on any atom is -0.487 e. The molecule has 0 amide bonds. The third-order valence-corrected chi connectivity index (χ3v) is 1.86. The van der Waals surface area contributed by atoms with E-state index in [0.29, 0.717) is 6.61 Å². The van der Waals surface area contributed by atoms with Crippen LogP contribution in [0.5, 0.6) is 5.75 Å². The number of nitro benzene ring substituents is 1. The van der Waals surface area contributed by atoms with Crippen LogP contribution in [0.3, 0.4) is 0 Å². The normalized spacial score (nSPS) is 9.88. The maximum Gasteiger partial charge on any atom is 0.312 e. The standard InChI is InChI=1S/C11H12N2O3/c1-8(2)7-16-11-4-3-9(6-12)5-10(11)13(14)15/h3-5,8H,7H2,1-2H3. The molecule has 0 spiro atoms. The van der Waals surface area contributed by atoms with Gasteiger partial charge in [0.2, 0.25) is 0 Å². The maximum atomic E-state index is 10.8. The highest BCUT2D eigenvalue weighted by atomic mass is 16.6. The average Bonchev–Trinajstić information content (AvgIpc) is 2.25. The van der Waals surface area contributed by atoms with Crippen molar-refractivity contribution in [3.8, 4) is 11.8 Å². The van der Waals surface area contributed by atoms with E-state index in [4.69, 9.17) is 10.00 Å². The minimum atomic E-state index is -0.545. The molecule has 0 saturated heterocycles. The fraction of sp³-hybridized carbons (Fsp3) is 0.364. The van der Waals surface area contributed by atoms with Crippen LogP contribution in [0.15, 0.2) is 18.2 Å². The average molecular weight is 220 g/mol. The zero-order valence-corrected chi connectivity index (χ0v) is 9.14. The van der Waals surface area contributed by atoms with E-state index in [1.807, 2.05) is 19.9 Å². The first-order chi connectivity index (χ1) is 7.54. The Hall–Kier alpha value is -2.09. The molecule has 16 heavy (non-hydrogen) atoms. The van der Waals surface area contributed by atoms with Gasteiger partial charge in [0, 0.05) is 6.07 Å². The highest BCUT2D eigenvalue weighted by Crippen LogP contribution is 2.28. The number of ether oxygens (including phenoxy) is 1. The van der Waals surface area contributed by atoms with E-state index in [1.54, 1.807) is 0 Å². The molecule has 0 saturated carbocycles. The van der Waals surface area contributed by atoms with Crippen molar-refractivity contribution in [2.45, 2.75) is 13.8 Å². The first-order valence-corrected chi connectivity index (χ1v) is 4.86. The van der Waals surface area contributed by atoms with Gasteiger partial charge in [-0.15, -0.1) is 0 Å². The van der Waals surface area contributed by atoms with E-state index in [-0.39, 0.29) is 22.9 Å². The van der Waals surface area contributed by atoms with E-state index < -0.39 is 4.92 Å². The summed E-state index contributed by atoms with van der Waals surface area (Å²) in [4.78, 5) is 10.2. The van der Waals surface area contributed by atoms with Crippen LogP contribution in [0.2, 0.25) is 0 Å². The van der Waals surface area contributed by atoms with Crippen molar-refractivity contribution in [3.05, 3.63) is 33.9 Å². The molecule has 1 aromatic rings. The molecule has 0 N–H and O–H groups in total. The molecule has 0 unspecified atom stereocenters. The van der Waals surface area contributed by atoms with E-state index in [2.05, 4.69) is 0 Å². The second-order valence-corrected chi connectivity index (χ2v) is 3.76. The summed E-state index contributed by atoms with van der Waals surface area (Å²) in [5.41, 5.74) is 0.0864. The fourth-order valence-electron chi connectivity index (χ4n) is 1.11. The Morgan fingerprint density at radius 3 is 2.75 bits per heavy atom. The molecule has 0 bridgehead atoms. The molecule has 0 radical (unpaired) electrons. The number of hydrogen-bond donors (Lipinski definition) is 0. The number of nitriles is 1. The monoisotopic (exact) mass is 220 g/mol. The molecule has 0 aliphatic carbocycles. The molecule has 0 atom stereocenters. The first kappa shape index (κ1) is 12.0. The summed E-state index contributed by atoms with van der Waals surface area (Å²) in [6.07, 6.45) is 0. The Morgan fingerprint density at radius 1 is 1.56 bits per heavy atom. The molecule has 0 aliphatic rings. The van der Waals surface area contributed by atoms with Gasteiger partial charge in [0.1, 0.15) is 0 Å². The molecule has 0 aliphatic heterocycles. The quantitative estimate of drug-likeness (QED) is 0.577. The van der Waals surface area contributed by atoms with Gasteiger partial charge in [0.05, 0.1) is 23.2 Å². The van der Waals surface area contributed by atoms with Crippen LogP contribution < -0.4 is 4.74 Å². The topological polar surface area (TPSA) is 76.2 Å². The van der Waals surface area contributed by atoms with E-state index in [1.165, 1.54) is 18.2 Å². The molecular formula is C11H12N2O3. The van der Waals surface area contributed by atoms with Gasteiger partial charge in [-0.1, -0.05) is 13.8 Å². The van der Waals surface area contributed by atoms with E-state index in [0.717, 1.165) is 0 Å². The second kappa shape index (κ2) is 5.12. The fourth-order valence-corrected chi connectivity index (χ4v) is 1.11. The Morgan fingerprint density at radius 2 is 2.25 bits per heavy atom. The van der Waals surface area contributed by atoms with Gasteiger partial charge >= 0.3 is 5.69 Å². The third-order valence-electron chi connectivity index (χ3n) is 1.86. The van der Waals surface area contributed by atoms with Crippen LogP contribution >= 0.6 is 0 Å². The van der Waals surface area contributed by atoms with Crippen LogP contribution in [0, 0.1) is 27.4 Å². The summed E-state index contributed by atoms with van der Waals surface area (Å²) in [6, 6.07) is 6.03. The third kappa shape index (κ3) is 2.95. The van der Waals surface area contributed by atoms with Gasteiger partial charge in [-0.25, -0.2) is 0 Å². The Kier molecular flexibility index (Phi) is 3.84. The van der Waals surface area contributed by atoms with Gasteiger partial charge in [-0.2, -0.15) is 5.26 Å². The maximum absolute atomic E-state index is 10.8. The Labute approximate surface area is 93.4 Å². The van der Waals surface area contributed by atoms with Crippen LogP contribution in [0.4, 0.5) is 5.69 Å². The van der Waals surface area contributed by atoms with Crippen molar-refractivity contribution >= 4 is 5.69 Å². The van der Waals surface area contributed by atoms with Crippen LogP contribution in [0.1, 0.15) is 19.4 Å². The number of rotatable bonds is 4. The largest absolute Gasteiger partial charge is 0.487 e. The molecule has 0 aromatic heterocycles. The Balaban J connectivity index is 3.00. The molecular weight excluding hydrogens is 208 g/mol. The number of hydrogen-bond acceptors (Lipinski definition) is 4. The first-order valence-electron chi connectivity index (χ1n) is 4.86. The van der Waals surface area contributed by atoms with Crippen molar-refractivity contribution in [1.82, 2.24) is 0 Å². The predicted octanol–water partition coefficient (Wildman–Crippen LogP) is 2.50. The van der Waals surface area contributed by atoms with Crippen LogP contribution in [-0.2, 0) is 0 Å². The van der Waals surface area contributed by atoms with Crippen molar-refractivity contribution in [1.29, 1.82) is 5.26 Å². The summed E-state index contributed by atoms with van der Waals surface area (Å²) in [6.45, 7) is 4.32. The number of nitrogens with zero attached hydrogens (tertiary/aromatic N) is 2. The summed E-state index contributed by atoms with van der Waals surface area (Å²) >= 11 is 0. The lowest BCUT2D eigenvalue weighted by Gasteiger charge is -2.08. The molecule has 0 heterocycles. The second-order valence-electron chi connectivity index (χ2n) is 3.76. The lowest BCUT2D eigenvalue weighted by molar-refractivity contribution is -0.385. The van der Waals surface area contributed by atoms with Crippen molar-refractivity contribution in [3.63, 3.8) is 0 Å². The van der Waals surface area contributed by atoms with E-state index in [9.17, 15) is 10.1 Å². The van der Waals surface area contributed by atoms with Gasteiger partial charge in [0.25, 0.3) is 0 Å². The Bertz CT molecular complexity index is 435. The summed E-state index contributed by atoms with van der Waals surface area (Å²) in [7, 11) is 0. The number of benzene rings is 1. The summed E-state index contributed by atoms with van der Waals surface area (Å²) < 4.78 is 5.31. The van der Waals surface area contributed by atoms with Crippen LogP contribution in [0.25, 0.3) is 0 Å². The molecule has 5 heteroatoms. The molecule has 0 fully saturated rings. The summed E-state index contributed by atoms with van der Waals surface area (Å²) in [5.74, 6) is 0.493. The predicted molar refractivity (Wildman–Crippen MR) is 58.1 cm³/mol. The van der Waals surface area contributed by atoms with Crippen LogP contribution in [-0.4, -0.2) is 11.5 Å². The lowest BCUT2D eigenvalue weighted by Crippen LogP contribution is -2.06. The summed E-state index contributed by atoms with van der Waals surface area (Å²) in [5, 5.41) is 19.4. The van der Waals surface area contributed by atoms with Gasteiger partial charge < -0.3 is 4.74 Å². The van der Waals surface area contributed by atoms with E-state index >= 15 is 0 Å². The minimum absolute atomic E-state index is 0.167. The highest BCUT2D eigenvalue weighted by molar-refractivity contribution is 5.51. The molecule has 5 nitrogen and oxygen atoms in total. The van der Waals surface area contributed by atoms with Crippen molar-refractivity contribution in [2.24, 2.45) is 5.92 Å². The zero-order valence-electron chi connectivity index (χ0n) is 9.14. The van der Waals surface area contributed by atoms with Crippen molar-refractivity contribution in [2.75, 3.05) is 6.61 Å². The van der Waals surface area contributed by atoms with Gasteiger partial charge in [-0.3, -0.25) is 10.1 Å². The molecule has 84 valence electrons. The van der Waals surface area contributed by atoms with Gasteiger partial charge in [0.15, 0.2) is 5.75 Å². The van der Waals surface area contributed by atoms with Crippen molar-refractivity contribution < 1.29 is 9.66 Å². The molecule has 1 rings (SSSR count). The molecule has 1 aromatic carbocycles. The number of nitro groups is 1.